The van der Waals surface area contributed by atoms with Gasteiger partial charge in [0.1, 0.15) is 11.5 Å². The number of benzene rings is 1. The summed E-state index contributed by atoms with van der Waals surface area (Å²) >= 11 is 0. The zero-order chi connectivity index (χ0) is 14.4. The highest BCUT2D eigenvalue weighted by molar-refractivity contribution is 5.86. The van der Waals surface area contributed by atoms with Crippen molar-refractivity contribution in [3.05, 3.63) is 29.8 Å². The molecule has 5 nitrogen and oxygen atoms in total. The smallest absolute Gasteiger partial charge is 0.328 e. The van der Waals surface area contributed by atoms with E-state index in [0.717, 1.165) is 19.1 Å². The fourth-order valence-corrected chi connectivity index (χ4v) is 1.99. The maximum absolute atomic E-state index is 10.6. The predicted molar refractivity (Wildman–Crippen MR) is 74.1 cm³/mol. The van der Waals surface area contributed by atoms with Crippen LogP contribution in [-0.4, -0.2) is 38.0 Å². The van der Waals surface area contributed by atoms with Crippen LogP contribution in [0.15, 0.2) is 24.3 Å². The van der Waals surface area contributed by atoms with E-state index in [1.54, 1.807) is 25.3 Å². The first-order valence-electron chi connectivity index (χ1n) is 6.48. The minimum atomic E-state index is -0.990. The summed E-state index contributed by atoms with van der Waals surface area (Å²) in [7, 11) is 1.58. The molecule has 0 aromatic heterocycles. The number of hydrogen-bond donors (Lipinski definition) is 1. The zero-order valence-electron chi connectivity index (χ0n) is 11.4. The maximum atomic E-state index is 10.6. The molecule has 0 saturated carbocycles. The number of ether oxygens (including phenoxy) is 3. The Bertz CT molecular complexity index is 489. The summed E-state index contributed by atoms with van der Waals surface area (Å²) in [6.07, 6.45) is 3.60. The fourth-order valence-electron chi connectivity index (χ4n) is 1.99. The van der Waals surface area contributed by atoms with Crippen molar-refractivity contribution in [2.24, 2.45) is 5.92 Å². The molecule has 2 rings (SSSR count). The second-order valence-corrected chi connectivity index (χ2v) is 4.62. The highest BCUT2D eigenvalue weighted by Gasteiger charge is 2.17. The Morgan fingerprint density at radius 1 is 1.55 bits per heavy atom. The zero-order valence-corrected chi connectivity index (χ0v) is 11.4. The summed E-state index contributed by atoms with van der Waals surface area (Å²) in [5.74, 6) is 0.692. The van der Waals surface area contributed by atoms with Crippen molar-refractivity contribution in [1.29, 1.82) is 0 Å². The molecule has 0 amide bonds. The number of carboxylic acid groups (broad SMARTS) is 1. The normalized spacial score (nSPS) is 18.4. The molecule has 20 heavy (non-hydrogen) atoms. The monoisotopic (exact) mass is 278 g/mol. The third-order valence-electron chi connectivity index (χ3n) is 3.12. The first-order chi connectivity index (χ1) is 9.69. The Balaban J connectivity index is 2.11. The van der Waals surface area contributed by atoms with Gasteiger partial charge in [-0.15, -0.1) is 0 Å². The molecular formula is C15H18O5. The minimum Gasteiger partial charge on any atom is -0.497 e. The van der Waals surface area contributed by atoms with Crippen LogP contribution in [0, 0.1) is 5.92 Å². The van der Waals surface area contributed by atoms with Crippen molar-refractivity contribution in [3.63, 3.8) is 0 Å². The third-order valence-corrected chi connectivity index (χ3v) is 3.12. The van der Waals surface area contributed by atoms with Gasteiger partial charge in [0.25, 0.3) is 0 Å². The molecule has 1 aromatic carbocycles. The van der Waals surface area contributed by atoms with Crippen molar-refractivity contribution in [2.75, 3.05) is 26.9 Å². The standard InChI is InChI=1S/C15H18O5/c1-18-13-4-2-12(3-5-15(16)17)14(8-13)20-10-11-6-7-19-9-11/h2-5,8,11H,6-7,9-10H2,1H3,(H,16,17). The average Bonchev–Trinajstić information content (AvgIpc) is 2.96. The molecule has 1 aliphatic rings. The molecule has 5 heteroatoms. The maximum Gasteiger partial charge on any atom is 0.328 e. The highest BCUT2D eigenvalue weighted by Crippen LogP contribution is 2.27. The molecule has 0 radical (unpaired) electrons. The first kappa shape index (κ1) is 14.4. The van der Waals surface area contributed by atoms with Crippen LogP contribution in [0.1, 0.15) is 12.0 Å². The van der Waals surface area contributed by atoms with Crippen LogP contribution >= 0.6 is 0 Å². The lowest BCUT2D eigenvalue weighted by Crippen LogP contribution is -2.12. The van der Waals surface area contributed by atoms with Gasteiger partial charge in [0, 0.05) is 30.2 Å². The topological polar surface area (TPSA) is 65.0 Å². The van der Waals surface area contributed by atoms with Crippen LogP contribution in [0.5, 0.6) is 11.5 Å². The highest BCUT2D eigenvalue weighted by atomic mass is 16.5. The Morgan fingerprint density at radius 2 is 2.40 bits per heavy atom. The van der Waals surface area contributed by atoms with Gasteiger partial charge in [-0.2, -0.15) is 0 Å². The quantitative estimate of drug-likeness (QED) is 0.808. The van der Waals surface area contributed by atoms with Crippen molar-refractivity contribution < 1.29 is 24.1 Å². The van der Waals surface area contributed by atoms with E-state index in [1.165, 1.54) is 6.08 Å². The first-order valence-corrected chi connectivity index (χ1v) is 6.48. The predicted octanol–water partition coefficient (Wildman–Crippen LogP) is 2.21. The lowest BCUT2D eigenvalue weighted by atomic mass is 10.1. The van der Waals surface area contributed by atoms with E-state index < -0.39 is 5.97 Å². The summed E-state index contributed by atoms with van der Waals surface area (Å²) in [5, 5.41) is 8.70. The van der Waals surface area contributed by atoms with Gasteiger partial charge in [-0.1, -0.05) is 0 Å². The lowest BCUT2D eigenvalue weighted by Gasteiger charge is -2.13. The molecule has 0 spiro atoms. The SMILES string of the molecule is COc1ccc(C=CC(=O)O)c(OCC2CCOC2)c1. The molecular weight excluding hydrogens is 260 g/mol. The molecule has 0 aliphatic carbocycles. The van der Waals surface area contributed by atoms with Crippen LogP contribution in [0.25, 0.3) is 6.08 Å². The molecule has 1 aliphatic heterocycles. The van der Waals surface area contributed by atoms with Crippen LogP contribution < -0.4 is 9.47 Å². The third kappa shape index (κ3) is 3.99. The molecule has 1 saturated heterocycles. The van der Waals surface area contributed by atoms with Gasteiger partial charge in [0.05, 0.1) is 20.3 Å². The summed E-state index contributed by atoms with van der Waals surface area (Å²) in [4.78, 5) is 10.6. The molecule has 1 unspecified atom stereocenters. The molecule has 0 bridgehead atoms. The number of hydrogen-bond acceptors (Lipinski definition) is 4. The van der Waals surface area contributed by atoms with Gasteiger partial charge in [0.2, 0.25) is 0 Å². The molecule has 108 valence electrons. The van der Waals surface area contributed by atoms with Gasteiger partial charge in [-0.3, -0.25) is 0 Å². The van der Waals surface area contributed by atoms with Gasteiger partial charge >= 0.3 is 5.97 Å². The second kappa shape index (κ2) is 6.96. The number of aliphatic carboxylic acids is 1. The summed E-state index contributed by atoms with van der Waals surface area (Å²) in [6.45, 7) is 2.04. The van der Waals surface area contributed by atoms with E-state index in [2.05, 4.69) is 0 Å². The van der Waals surface area contributed by atoms with E-state index in [9.17, 15) is 4.79 Å². The molecule has 1 heterocycles. The van der Waals surface area contributed by atoms with Crippen molar-refractivity contribution >= 4 is 12.0 Å². The minimum absolute atomic E-state index is 0.387. The molecule has 1 aromatic rings. The average molecular weight is 278 g/mol. The summed E-state index contributed by atoms with van der Waals surface area (Å²) in [5.41, 5.74) is 0.715. The number of rotatable bonds is 6. The Kier molecular flexibility index (Phi) is 5.01. The van der Waals surface area contributed by atoms with E-state index in [1.807, 2.05) is 0 Å². The molecule has 1 atom stereocenters. The van der Waals surface area contributed by atoms with Gasteiger partial charge < -0.3 is 19.3 Å². The number of methoxy groups -OCH3 is 1. The van der Waals surface area contributed by atoms with Crippen molar-refractivity contribution in [2.45, 2.75) is 6.42 Å². The lowest BCUT2D eigenvalue weighted by molar-refractivity contribution is -0.131. The van der Waals surface area contributed by atoms with Crippen molar-refractivity contribution in [3.8, 4) is 11.5 Å². The fraction of sp³-hybridized carbons (Fsp3) is 0.400. The van der Waals surface area contributed by atoms with E-state index >= 15 is 0 Å². The Morgan fingerprint density at radius 3 is 3.05 bits per heavy atom. The van der Waals surface area contributed by atoms with Crippen LogP contribution in [0.4, 0.5) is 0 Å². The number of carbonyl (C=O) groups is 1. The second-order valence-electron chi connectivity index (χ2n) is 4.62. The van der Waals surface area contributed by atoms with Crippen LogP contribution in [0.2, 0.25) is 0 Å². The van der Waals surface area contributed by atoms with E-state index in [4.69, 9.17) is 19.3 Å². The molecule has 1 N–H and O–H groups in total. The Labute approximate surface area is 117 Å². The van der Waals surface area contributed by atoms with E-state index in [-0.39, 0.29) is 0 Å². The van der Waals surface area contributed by atoms with Gasteiger partial charge in [0.15, 0.2) is 0 Å². The number of carboxylic acids is 1. The van der Waals surface area contributed by atoms with Crippen LogP contribution in [-0.2, 0) is 9.53 Å². The molecule has 1 fully saturated rings. The largest absolute Gasteiger partial charge is 0.497 e. The summed E-state index contributed by atoms with van der Waals surface area (Å²) < 4.78 is 16.3. The Hall–Kier alpha value is -2.01. The van der Waals surface area contributed by atoms with E-state index in [0.29, 0.717) is 36.2 Å². The summed E-state index contributed by atoms with van der Waals surface area (Å²) in [6, 6.07) is 5.31. The van der Waals surface area contributed by atoms with Gasteiger partial charge in [-0.05, 0) is 24.6 Å². The van der Waals surface area contributed by atoms with Gasteiger partial charge in [-0.25, -0.2) is 4.79 Å². The van der Waals surface area contributed by atoms with Crippen molar-refractivity contribution in [1.82, 2.24) is 0 Å². The van der Waals surface area contributed by atoms with Crippen LogP contribution in [0.3, 0.4) is 0 Å².